The number of ether oxygens (including phenoxy) is 1. The van der Waals surface area contributed by atoms with E-state index < -0.39 is 0 Å². The molecular formula is C12H15BrN2O2. The second-order valence-electron chi connectivity index (χ2n) is 4.13. The highest BCUT2D eigenvalue weighted by molar-refractivity contribution is 9.10. The van der Waals surface area contributed by atoms with Crippen molar-refractivity contribution in [2.75, 3.05) is 18.1 Å². The van der Waals surface area contributed by atoms with E-state index in [2.05, 4.69) is 15.9 Å². The fourth-order valence-electron chi connectivity index (χ4n) is 1.97. The first-order valence-electron chi connectivity index (χ1n) is 5.55. The van der Waals surface area contributed by atoms with E-state index in [0.717, 1.165) is 22.1 Å². The molecule has 1 fully saturated rings. The summed E-state index contributed by atoms with van der Waals surface area (Å²) in [5.41, 5.74) is 7.54. The van der Waals surface area contributed by atoms with Gasteiger partial charge in [0.2, 0.25) is 0 Å². The highest BCUT2D eigenvalue weighted by atomic mass is 79.9. The van der Waals surface area contributed by atoms with Crippen molar-refractivity contribution in [3.8, 4) is 0 Å². The summed E-state index contributed by atoms with van der Waals surface area (Å²) in [5, 5.41) is 0. The van der Waals surface area contributed by atoms with Gasteiger partial charge in [-0.15, -0.1) is 0 Å². The van der Waals surface area contributed by atoms with Gasteiger partial charge in [0.25, 0.3) is 0 Å². The molecule has 0 aliphatic carbocycles. The van der Waals surface area contributed by atoms with Crippen molar-refractivity contribution < 1.29 is 9.53 Å². The van der Waals surface area contributed by atoms with Crippen LogP contribution in [-0.4, -0.2) is 25.3 Å². The Kier molecular flexibility index (Phi) is 3.69. The van der Waals surface area contributed by atoms with Crippen LogP contribution in [-0.2, 0) is 4.74 Å². The van der Waals surface area contributed by atoms with Crippen molar-refractivity contribution in [2.45, 2.75) is 19.4 Å². The lowest BCUT2D eigenvalue weighted by Crippen LogP contribution is -2.35. The Morgan fingerprint density at radius 1 is 1.59 bits per heavy atom. The SMILES string of the molecule is Cc1ccc(N2C(=O)OCC2CCN)c(Br)c1. The minimum Gasteiger partial charge on any atom is -0.447 e. The number of nitrogens with two attached hydrogens (primary N) is 1. The Bertz CT molecular complexity index is 437. The van der Waals surface area contributed by atoms with Crippen molar-refractivity contribution in [1.82, 2.24) is 0 Å². The van der Waals surface area contributed by atoms with Crippen LogP contribution in [0.4, 0.5) is 10.5 Å². The first-order valence-corrected chi connectivity index (χ1v) is 6.35. The largest absolute Gasteiger partial charge is 0.447 e. The van der Waals surface area contributed by atoms with Gasteiger partial charge in [-0.2, -0.15) is 0 Å². The maximum Gasteiger partial charge on any atom is 0.414 e. The highest BCUT2D eigenvalue weighted by Gasteiger charge is 2.34. The van der Waals surface area contributed by atoms with Gasteiger partial charge in [-0.05, 0) is 53.5 Å². The number of hydrogen-bond donors (Lipinski definition) is 1. The smallest absolute Gasteiger partial charge is 0.414 e. The van der Waals surface area contributed by atoms with Crippen molar-refractivity contribution in [3.05, 3.63) is 28.2 Å². The zero-order valence-electron chi connectivity index (χ0n) is 9.65. The molecular weight excluding hydrogens is 284 g/mol. The molecule has 1 unspecified atom stereocenters. The molecule has 1 saturated heterocycles. The Balaban J connectivity index is 2.32. The molecule has 1 amide bonds. The van der Waals surface area contributed by atoms with Gasteiger partial charge in [-0.3, -0.25) is 4.90 Å². The molecule has 2 rings (SSSR count). The molecule has 1 aliphatic rings. The molecule has 2 N–H and O–H groups in total. The summed E-state index contributed by atoms with van der Waals surface area (Å²) in [7, 11) is 0. The number of carbonyl (C=O) groups is 1. The summed E-state index contributed by atoms with van der Waals surface area (Å²) in [6.45, 7) is 2.96. The van der Waals surface area contributed by atoms with E-state index in [1.165, 1.54) is 0 Å². The average Bonchev–Trinajstić information content (AvgIpc) is 2.62. The summed E-state index contributed by atoms with van der Waals surface area (Å²) in [6.07, 6.45) is 0.444. The minimum absolute atomic E-state index is 0.0338. The fourth-order valence-corrected chi connectivity index (χ4v) is 2.65. The van der Waals surface area contributed by atoms with Gasteiger partial charge >= 0.3 is 6.09 Å². The molecule has 1 atom stereocenters. The summed E-state index contributed by atoms with van der Waals surface area (Å²) < 4.78 is 5.98. The predicted octanol–water partition coefficient (Wildman–Crippen LogP) is 2.43. The number of benzene rings is 1. The van der Waals surface area contributed by atoms with Crippen molar-refractivity contribution in [3.63, 3.8) is 0 Å². The molecule has 1 aromatic carbocycles. The standard InChI is InChI=1S/C12H15BrN2O2/c1-8-2-3-11(10(13)6-8)15-9(4-5-14)7-17-12(15)16/h2-3,6,9H,4-5,7,14H2,1H3. The van der Waals surface area contributed by atoms with Crippen molar-refractivity contribution >= 4 is 27.7 Å². The van der Waals surface area contributed by atoms with Gasteiger partial charge in [0.1, 0.15) is 6.61 Å². The van der Waals surface area contributed by atoms with E-state index in [9.17, 15) is 4.79 Å². The molecule has 1 heterocycles. The fraction of sp³-hybridized carbons (Fsp3) is 0.417. The topological polar surface area (TPSA) is 55.6 Å². The molecule has 92 valence electrons. The van der Waals surface area contributed by atoms with Crippen LogP contribution in [0.2, 0.25) is 0 Å². The lowest BCUT2D eigenvalue weighted by atomic mass is 10.1. The van der Waals surface area contributed by atoms with Crippen LogP contribution in [0.5, 0.6) is 0 Å². The quantitative estimate of drug-likeness (QED) is 0.932. The number of amides is 1. The molecule has 17 heavy (non-hydrogen) atoms. The summed E-state index contributed by atoms with van der Waals surface area (Å²) in [5.74, 6) is 0. The number of aryl methyl sites for hydroxylation is 1. The monoisotopic (exact) mass is 298 g/mol. The zero-order valence-corrected chi connectivity index (χ0v) is 11.2. The number of cyclic esters (lactones) is 1. The maximum absolute atomic E-state index is 11.7. The van der Waals surface area contributed by atoms with Gasteiger partial charge in [0.15, 0.2) is 0 Å². The van der Waals surface area contributed by atoms with Crippen molar-refractivity contribution in [2.24, 2.45) is 5.73 Å². The molecule has 1 aromatic rings. The molecule has 0 radical (unpaired) electrons. The van der Waals surface area contributed by atoms with E-state index in [0.29, 0.717) is 13.2 Å². The minimum atomic E-state index is -0.298. The van der Waals surface area contributed by atoms with Gasteiger partial charge in [-0.25, -0.2) is 4.79 Å². The molecule has 0 aromatic heterocycles. The van der Waals surface area contributed by atoms with Gasteiger partial charge < -0.3 is 10.5 Å². The lowest BCUT2D eigenvalue weighted by molar-refractivity contribution is 0.178. The van der Waals surface area contributed by atoms with Crippen LogP contribution in [0.15, 0.2) is 22.7 Å². The predicted molar refractivity (Wildman–Crippen MR) is 70.2 cm³/mol. The molecule has 0 saturated carbocycles. The Morgan fingerprint density at radius 2 is 2.35 bits per heavy atom. The average molecular weight is 299 g/mol. The van der Waals surface area contributed by atoms with E-state index in [-0.39, 0.29) is 12.1 Å². The molecule has 1 aliphatic heterocycles. The normalized spacial score (nSPS) is 19.6. The Hall–Kier alpha value is -1.07. The third-order valence-electron chi connectivity index (χ3n) is 2.82. The number of hydrogen-bond acceptors (Lipinski definition) is 3. The Morgan fingerprint density at radius 3 is 3.00 bits per heavy atom. The van der Waals surface area contributed by atoms with E-state index >= 15 is 0 Å². The number of anilines is 1. The molecule has 4 nitrogen and oxygen atoms in total. The van der Waals surface area contributed by atoms with Gasteiger partial charge in [0.05, 0.1) is 11.7 Å². The molecule has 5 heteroatoms. The van der Waals surface area contributed by atoms with Crippen LogP contribution < -0.4 is 10.6 Å². The second-order valence-corrected chi connectivity index (χ2v) is 4.99. The first kappa shape index (κ1) is 12.4. The third kappa shape index (κ3) is 2.45. The van der Waals surface area contributed by atoms with Gasteiger partial charge in [-0.1, -0.05) is 6.07 Å². The highest BCUT2D eigenvalue weighted by Crippen LogP contribution is 2.32. The van der Waals surface area contributed by atoms with Gasteiger partial charge in [0, 0.05) is 4.47 Å². The number of rotatable bonds is 3. The van der Waals surface area contributed by atoms with Crippen LogP contribution in [0.3, 0.4) is 0 Å². The number of nitrogens with zero attached hydrogens (tertiary/aromatic N) is 1. The second kappa shape index (κ2) is 5.06. The zero-order chi connectivity index (χ0) is 12.4. The van der Waals surface area contributed by atoms with E-state index in [1.54, 1.807) is 4.90 Å². The Labute approximate surface area is 109 Å². The first-order chi connectivity index (χ1) is 8.13. The van der Waals surface area contributed by atoms with Crippen LogP contribution >= 0.6 is 15.9 Å². The maximum atomic E-state index is 11.7. The van der Waals surface area contributed by atoms with E-state index in [1.807, 2.05) is 25.1 Å². The molecule has 0 spiro atoms. The summed E-state index contributed by atoms with van der Waals surface area (Å²) in [4.78, 5) is 13.4. The summed E-state index contributed by atoms with van der Waals surface area (Å²) >= 11 is 3.48. The van der Waals surface area contributed by atoms with Crippen LogP contribution in [0, 0.1) is 6.92 Å². The number of carbonyl (C=O) groups excluding carboxylic acids is 1. The lowest BCUT2D eigenvalue weighted by Gasteiger charge is -2.22. The molecule has 0 bridgehead atoms. The third-order valence-corrected chi connectivity index (χ3v) is 3.46. The van der Waals surface area contributed by atoms with Crippen LogP contribution in [0.1, 0.15) is 12.0 Å². The number of halogens is 1. The van der Waals surface area contributed by atoms with Crippen LogP contribution in [0.25, 0.3) is 0 Å². The summed E-state index contributed by atoms with van der Waals surface area (Å²) in [6, 6.07) is 5.92. The van der Waals surface area contributed by atoms with E-state index in [4.69, 9.17) is 10.5 Å². The van der Waals surface area contributed by atoms with Crippen molar-refractivity contribution in [1.29, 1.82) is 0 Å².